The molecule has 0 radical (unpaired) electrons. The van der Waals surface area contributed by atoms with Gasteiger partial charge in [-0.05, 0) is 20.8 Å². The predicted molar refractivity (Wildman–Crippen MR) is 73.6 cm³/mol. The van der Waals surface area contributed by atoms with Gasteiger partial charge in [-0.25, -0.2) is 0 Å². The van der Waals surface area contributed by atoms with Crippen LogP contribution in [0.2, 0.25) is 0 Å². The molecule has 22 heavy (non-hydrogen) atoms. The molecule has 0 aliphatic rings. The van der Waals surface area contributed by atoms with Crippen LogP contribution in [0.1, 0.15) is 33.0 Å². The van der Waals surface area contributed by atoms with Crippen molar-refractivity contribution < 1.29 is 18.0 Å². The number of halogens is 3. The molecule has 0 bridgehead atoms. The fourth-order valence-electron chi connectivity index (χ4n) is 2.35. The first-order chi connectivity index (χ1) is 10.0. The molecule has 9 heteroatoms. The zero-order chi connectivity index (χ0) is 16.8. The summed E-state index contributed by atoms with van der Waals surface area (Å²) in [5.74, 6) is -0.497. The van der Waals surface area contributed by atoms with Crippen molar-refractivity contribution in [3.63, 3.8) is 0 Å². The Labute approximate surface area is 124 Å². The minimum Gasteiger partial charge on any atom is -0.306 e. The largest absolute Gasteiger partial charge is 0.435 e. The summed E-state index contributed by atoms with van der Waals surface area (Å²) in [7, 11) is 3.04. The number of amides is 1. The van der Waals surface area contributed by atoms with E-state index in [9.17, 15) is 18.0 Å². The Morgan fingerprint density at radius 3 is 2.09 bits per heavy atom. The molecule has 2 rings (SSSR count). The fraction of sp³-hybridized carbons (Fsp3) is 0.462. The topological polar surface area (TPSA) is 64.7 Å². The van der Waals surface area contributed by atoms with Crippen LogP contribution in [0.5, 0.6) is 0 Å². The van der Waals surface area contributed by atoms with Gasteiger partial charge in [0.2, 0.25) is 0 Å². The van der Waals surface area contributed by atoms with Crippen LogP contribution in [0.15, 0.2) is 0 Å². The van der Waals surface area contributed by atoms with Crippen LogP contribution < -0.4 is 5.32 Å². The molecule has 1 N–H and O–H groups in total. The van der Waals surface area contributed by atoms with Gasteiger partial charge in [-0.2, -0.15) is 23.4 Å². The molecule has 2 aromatic heterocycles. The maximum absolute atomic E-state index is 12.8. The smallest absolute Gasteiger partial charge is 0.306 e. The third-order valence-corrected chi connectivity index (χ3v) is 3.52. The van der Waals surface area contributed by atoms with Crippen molar-refractivity contribution in [2.75, 3.05) is 5.32 Å². The van der Waals surface area contributed by atoms with E-state index >= 15 is 0 Å². The average molecular weight is 315 g/mol. The second kappa shape index (κ2) is 5.15. The number of aromatic nitrogens is 4. The van der Waals surface area contributed by atoms with E-state index in [2.05, 4.69) is 15.5 Å². The first kappa shape index (κ1) is 16.1. The number of alkyl halides is 3. The van der Waals surface area contributed by atoms with Crippen molar-refractivity contribution in [3.8, 4) is 0 Å². The van der Waals surface area contributed by atoms with Crippen LogP contribution in [0.3, 0.4) is 0 Å². The Morgan fingerprint density at radius 2 is 1.68 bits per heavy atom. The molecule has 0 saturated heterocycles. The number of carbonyl (C=O) groups is 1. The van der Waals surface area contributed by atoms with Crippen molar-refractivity contribution in [2.45, 2.75) is 26.9 Å². The third kappa shape index (κ3) is 2.58. The van der Waals surface area contributed by atoms with E-state index in [4.69, 9.17) is 0 Å². The number of carbonyl (C=O) groups excluding carboxylic acids is 1. The van der Waals surface area contributed by atoms with Crippen LogP contribution in [-0.4, -0.2) is 25.5 Å². The molecule has 0 aliphatic heterocycles. The lowest BCUT2D eigenvalue weighted by Crippen LogP contribution is -2.17. The molecule has 1 amide bonds. The van der Waals surface area contributed by atoms with Gasteiger partial charge < -0.3 is 5.32 Å². The van der Waals surface area contributed by atoms with Gasteiger partial charge in [0.15, 0.2) is 5.69 Å². The molecule has 0 atom stereocenters. The van der Waals surface area contributed by atoms with Crippen molar-refractivity contribution >= 4 is 11.7 Å². The lowest BCUT2D eigenvalue weighted by molar-refractivity contribution is -0.141. The van der Waals surface area contributed by atoms with E-state index < -0.39 is 17.8 Å². The highest BCUT2D eigenvalue weighted by atomic mass is 19.4. The van der Waals surface area contributed by atoms with Gasteiger partial charge in [0.1, 0.15) is 5.82 Å². The quantitative estimate of drug-likeness (QED) is 0.925. The molecule has 120 valence electrons. The predicted octanol–water partition coefficient (Wildman–Crippen LogP) is 2.35. The summed E-state index contributed by atoms with van der Waals surface area (Å²) in [4.78, 5) is 12.3. The number of nitrogens with zero attached hydrogens (tertiary/aromatic N) is 4. The van der Waals surface area contributed by atoms with Crippen molar-refractivity contribution in [1.82, 2.24) is 19.6 Å². The molecular formula is C13H16F3N5O. The van der Waals surface area contributed by atoms with E-state index in [1.807, 2.05) is 0 Å². The molecule has 2 aromatic rings. The van der Waals surface area contributed by atoms with Gasteiger partial charge in [0.05, 0.1) is 11.3 Å². The zero-order valence-electron chi connectivity index (χ0n) is 12.8. The van der Waals surface area contributed by atoms with Crippen LogP contribution in [0.25, 0.3) is 0 Å². The molecule has 2 heterocycles. The van der Waals surface area contributed by atoms with Crippen LogP contribution in [0.4, 0.5) is 19.0 Å². The third-order valence-electron chi connectivity index (χ3n) is 3.52. The second-order valence-corrected chi connectivity index (χ2v) is 5.07. The Hall–Kier alpha value is -2.32. The Morgan fingerprint density at radius 1 is 1.09 bits per heavy atom. The summed E-state index contributed by atoms with van der Waals surface area (Å²) in [6, 6.07) is 0. The summed E-state index contributed by atoms with van der Waals surface area (Å²) in [5, 5.41) is 10.0. The normalized spacial score (nSPS) is 11.8. The van der Waals surface area contributed by atoms with Crippen LogP contribution in [-0.2, 0) is 20.3 Å². The summed E-state index contributed by atoms with van der Waals surface area (Å²) in [6.07, 6.45) is -4.56. The van der Waals surface area contributed by atoms with Crippen molar-refractivity contribution in [3.05, 3.63) is 28.2 Å². The van der Waals surface area contributed by atoms with E-state index in [0.29, 0.717) is 17.0 Å². The van der Waals surface area contributed by atoms with Crippen molar-refractivity contribution in [1.29, 1.82) is 0 Å². The Balaban J connectivity index is 2.40. The van der Waals surface area contributed by atoms with Gasteiger partial charge in [0, 0.05) is 25.4 Å². The summed E-state index contributed by atoms with van der Waals surface area (Å²) >= 11 is 0. The maximum Gasteiger partial charge on any atom is 0.435 e. The van der Waals surface area contributed by atoms with E-state index in [1.54, 1.807) is 25.6 Å². The average Bonchev–Trinajstić information content (AvgIpc) is 2.79. The minimum absolute atomic E-state index is 0.0139. The van der Waals surface area contributed by atoms with E-state index in [-0.39, 0.29) is 11.4 Å². The number of nitrogens with one attached hydrogen (secondary N) is 1. The van der Waals surface area contributed by atoms with Gasteiger partial charge in [0.25, 0.3) is 5.91 Å². The molecular weight excluding hydrogens is 299 g/mol. The van der Waals surface area contributed by atoms with Crippen LogP contribution in [0, 0.1) is 20.8 Å². The molecule has 0 aliphatic carbocycles. The maximum atomic E-state index is 12.8. The fourth-order valence-corrected chi connectivity index (χ4v) is 2.35. The molecule has 0 unspecified atom stereocenters. The van der Waals surface area contributed by atoms with Crippen molar-refractivity contribution in [2.24, 2.45) is 14.1 Å². The minimum atomic E-state index is -4.56. The Bertz CT molecular complexity index is 742. The molecule has 0 spiro atoms. The monoisotopic (exact) mass is 315 g/mol. The van der Waals surface area contributed by atoms with E-state index in [0.717, 1.165) is 4.68 Å². The summed E-state index contributed by atoms with van der Waals surface area (Å²) < 4.78 is 41.1. The Kier molecular flexibility index (Phi) is 3.76. The zero-order valence-corrected chi connectivity index (χ0v) is 12.8. The molecule has 0 aromatic carbocycles. The molecule has 0 saturated carbocycles. The summed E-state index contributed by atoms with van der Waals surface area (Å²) in [5.41, 5.74) is 0.350. The highest BCUT2D eigenvalue weighted by molar-refractivity contribution is 6.05. The molecule has 6 nitrogen and oxygen atoms in total. The van der Waals surface area contributed by atoms with Gasteiger partial charge in [-0.3, -0.25) is 14.2 Å². The standard InChI is InChI=1S/C13H16F3N5O/c1-6-10(13(14,15)16)19-21(5)11(6)17-12(22)9-7(2)18-20(4)8(9)3/h1-5H3,(H,17,22). The highest BCUT2D eigenvalue weighted by Gasteiger charge is 2.37. The van der Waals surface area contributed by atoms with Gasteiger partial charge >= 0.3 is 6.18 Å². The second-order valence-electron chi connectivity index (χ2n) is 5.07. The van der Waals surface area contributed by atoms with Gasteiger partial charge in [-0.1, -0.05) is 0 Å². The van der Waals surface area contributed by atoms with Crippen LogP contribution >= 0.6 is 0 Å². The highest BCUT2D eigenvalue weighted by Crippen LogP contribution is 2.33. The number of hydrogen-bond acceptors (Lipinski definition) is 3. The number of rotatable bonds is 2. The van der Waals surface area contributed by atoms with Gasteiger partial charge in [-0.15, -0.1) is 0 Å². The number of anilines is 1. The van der Waals surface area contributed by atoms with E-state index in [1.165, 1.54) is 14.0 Å². The molecule has 0 fully saturated rings. The first-order valence-corrected chi connectivity index (χ1v) is 6.46. The number of aryl methyl sites for hydroxylation is 3. The lowest BCUT2D eigenvalue weighted by Gasteiger charge is -2.07. The lowest BCUT2D eigenvalue weighted by atomic mass is 10.1. The SMILES string of the molecule is Cc1nn(C)c(C)c1C(=O)Nc1c(C)c(C(F)(F)F)nn1C. The summed E-state index contributed by atoms with van der Waals surface area (Å²) in [6.45, 7) is 4.65. The first-order valence-electron chi connectivity index (χ1n) is 6.46. The number of hydrogen-bond donors (Lipinski definition) is 1.